The van der Waals surface area contributed by atoms with Gasteiger partial charge in [0, 0.05) is 16.8 Å². The summed E-state index contributed by atoms with van der Waals surface area (Å²) in [5.41, 5.74) is 5.28. The molecular weight excluding hydrogens is 398 g/mol. The Balaban J connectivity index is 2.04. The van der Waals surface area contributed by atoms with Crippen molar-refractivity contribution < 1.29 is 27.5 Å². The Kier molecular flexibility index (Phi) is 7.43. The van der Waals surface area contributed by atoms with E-state index in [0.717, 1.165) is 0 Å². The maximum atomic E-state index is 12.3. The molecule has 0 aliphatic carbocycles. The zero-order valence-electron chi connectivity index (χ0n) is 16.3. The minimum Gasteiger partial charge on any atom is -0.493 e. The van der Waals surface area contributed by atoms with E-state index in [-0.39, 0.29) is 22.6 Å². The molecule has 0 fully saturated rings. The van der Waals surface area contributed by atoms with E-state index < -0.39 is 21.8 Å². The van der Waals surface area contributed by atoms with Crippen LogP contribution in [0.2, 0.25) is 0 Å². The molecule has 3 N–H and O–H groups in total. The molecule has 0 saturated carbocycles. The van der Waals surface area contributed by atoms with Gasteiger partial charge in [0.15, 0.2) is 11.5 Å². The first-order valence-corrected chi connectivity index (χ1v) is 10.4. The largest absolute Gasteiger partial charge is 0.493 e. The third kappa shape index (κ3) is 6.11. The summed E-state index contributed by atoms with van der Waals surface area (Å²) in [6, 6.07) is 10.5. The summed E-state index contributed by atoms with van der Waals surface area (Å²) in [6.07, 6.45) is 0.470. The fourth-order valence-electron chi connectivity index (χ4n) is 2.46. The lowest BCUT2D eigenvalue weighted by Gasteiger charge is -2.11. The normalized spacial score (nSPS) is 10.7. The van der Waals surface area contributed by atoms with E-state index in [9.17, 15) is 18.0 Å². The number of rotatable bonds is 8. The number of nitrogens with one attached hydrogen (secondary N) is 3. The van der Waals surface area contributed by atoms with Gasteiger partial charge in [0.1, 0.15) is 0 Å². The highest BCUT2D eigenvalue weighted by atomic mass is 32.2. The Bertz CT molecular complexity index is 991. The van der Waals surface area contributed by atoms with Crippen LogP contribution in [0.5, 0.6) is 11.5 Å². The molecule has 156 valence electrons. The van der Waals surface area contributed by atoms with Crippen molar-refractivity contribution in [3.05, 3.63) is 53.6 Å². The van der Waals surface area contributed by atoms with Gasteiger partial charge in [-0.15, -0.1) is 0 Å². The quantitative estimate of drug-likeness (QED) is 0.560. The van der Waals surface area contributed by atoms with Gasteiger partial charge in [-0.05, 0) is 42.8 Å². The number of carbonyl (C=O) groups is 2. The topological polar surface area (TPSA) is 123 Å². The van der Waals surface area contributed by atoms with Crippen molar-refractivity contribution in [2.75, 3.05) is 24.7 Å². The van der Waals surface area contributed by atoms with Crippen LogP contribution in [0.25, 0.3) is 0 Å². The predicted molar refractivity (Wildman–Crippen MR) is 109 cm³/mol. The van der Waals surface area contributed by atoms with Crippen molar-refractivity contribution in [2.45, 2.75) is 13.3 Å². The third-order valence-corrected chi connectivity index (χ3v) is 5.30. The van der Waals surface area contributed by atoms with Gasteiger partial charge in [-0.25, -0.2) is 8.42 Å². The molecule has 10 heteroatoms. The Hall–Kier alpha value is -3.27. The molecule has 0 radical (unpaired) electrons. The molecule has 2 aromatic rings. The molecule has 0 atom stereocenters. The maximum Gasteiger partial charge on any atom is 0.269 e. The van der Waals surface area contributed by atoms with Gasteiger partial charge in [-0.2, -0.15) is 0 Å². The number of methoxy groups -OCH3 is 2. The lowest BCUT2D eigenvalue weighted by atomic mass is 10.2. The van der Waals surface area contributed by atoms with Gasteiger partial charge in [-0.3, -0.25) is 25.2 Å². The number of sulfonamides is 1. The Morgan fingerprint density at radius 3 is 2.10 bits per heavy atom. The second-order valence-corrected chi connectivity index (χ2v) is 7.82. The van der Waals surface area contributed by atoms with Crippen LogP contribution in [0.1, 0.15) is 34.1 Å². The predicted octanol–water partition coefficient (Wildman–Crippen LogP) is 1.93. The van der Waals surface area contributed by atoms with E-state index in [1.54, 1.807) is 13.0 Å². The maximum absolute atomic E-state index is 12.3. The lowest BCUT2D eigenvalue weighted by Crippen LogP contribution is -2.41. The molecule has 0 saturated heterocycles. The molecule has 2 rings (SSSR count). The molecule has 0 aromatic heterocycles. The Morgan fingerprint density at radius 2 is 1.52 bits per heavy atom. The van der Waals surface area contributed by atoms with E-state index in [1.807, 2.05) is 0 Å². The van der Waals surface area contributed by atoms with Crippen molar-refractivity contribution in [3.63, 3.8) is 0 Å². The molecular formula is C19H23N3O6S. The molecule has 0 aliphatic rings. The second-order valence-electron chi connectivity index (χ2n) is 5.98. The van der Waals surface area contributed by atoms with E-state index >= 15 is 0 Å². The third-order valence-electron chi connectivity index (χ3n) is 3.81. The molecule has 0 unspecified atom stereocenters. The summed E-state index contributed by atoms with van der Waals surface area (Å²) in [5, 5.41) is 0. The van der Waals surface area contributed by atoms with E-state index in [0.29, 0.717) is 17.9 Å². The van der Waals surface area contributed by atoms with Crippen LogP contribution in [-0.4, -0.2) is 40.2 Å². The molecule has 0 spiro atoms. The van der Waals surface area contributed by atoms with Crippen molar-refractivity contribution in [3.8, 4) is 11.5 Å². The molecule has 0 heterocycles. The summed E-state index contributed by atoms with van der Waals surface area (Å²) in [5.74, 6) is -0.339. The van der Waals surface area contributed by atoms with Gasteiger partial charge in [0.25, 0.3) is 11.8 Å². The average molecular weight is 421 g/mol. The highest BCUT2D eigenvalue weighted by Crippen LogP contribution is 2.27. The second kappa shape index (κ2) is 9.78. The number of ether oxygens (including phenoxy) is 2. The van der Waals surface area contributed by atoms with Crippen LogP contribution in [0, 0.1) is 0 Å². The Labute approximate surface area is 169 Å². The lowest BCUT2D eigenvalue weighted by molar-refractivity contribution is 0.0846. The monoisotopic (exact) mass is 421 g/mol. The highest BCUT2D eigenvalue weighted by Gasteiger charge is 2.14. The zero-order chi connectivity index (χ0) is 21.4. The molecule has 2 amide bonds. The molecule has 0 aliphatic heterocycles. The van der Waals surface area contributed by atoms with Crippen LogP contribution in [0.4, 0.5) is 5.69 Å². The molecule has 0 bridgehead atoms. The number of benzene rings is 2. The van der Waals surface area contributed by atoms with Gasteiger partial charge >= 0.3 is 0 Å². The standard InChI is InChI=1S/C19H23N3O6S/c1-4-10-29(25,26)22-15-7-5-6-13(11-15)18(23)20-21-19(24)14-8-9-16(27-2)17(12-14)28-3/h5-9,11-12,22H,4,10H2,1-3H3,(H,20,23)(H,21,24). The van der Waals surface area contributed by atoms with Crippen LogP contribution in [0.3, 0.4) is 0 Å². The van der Waals surface area contributed by atoms with Gasteiger partial charge in [-0.1, -0.05) is 13.0 Å². The van der Waals surface area contributed by atoms with E-state index in [2.05, 4.69) is 15.6 Å². The molecule has 9 nitrogen and oxygen atoms in total. The molecule has 29 heavy (non-hydrogen) atoms. The van der Waals surface area contributed by atoms with Crippen molar-refractivity contribution in [1.82, 2.24) is 10.9 Å². The summed E-state index contributed by atoms with van der Waals surface area (Å²) >= 11 is 0. The molecule has 2 aromatic carbocycles. The van der Waals surface area contributed by atoms with Crippen molar-refractivity contribution >= 4 is 27.5 Å². The van der Waals surface area contributed by atoms with Crippen molar-refractivity contribution in [2.24, 2.45) is 0 Å². The number of anilines is 1. The van der Waals surface area contributed by atoms with Crippen LogP contribution < -0.4 is 25.0 Å². The summed E-state index contributed by atoms with van der Waals surface area (Å²) < 4.78 is 36.4. The van der Waals surface area contributed by atoms with Gasteiger partial charge in [0.2, 0.25) is 10.0 Å². The highest BCUT2D eigenvalue weighted by molar-refractivity contribution is 7.92. The average Bonchev–Trinajstić information content (AvgIpc) is 2.70. The fraction of sp³-hybridized carbons (Fsp3) is 0.263. The summed E-state index contributed by atoms with van der Waals surface area (Å²) in [4.78, 5) is 24.6. The zero-order valence-corrected chi connectivity index (χ0v) is 17.1. The minimum absolute atomic E-state index is 0.0230. The number of hydrogen-bond acceptors (Lipinski definition) is 6. The number of carbonyl (C=O) groups excluding carboxylic acids is 2. The number of hydrogen-bond donors (Lipinski definition) is 3. The summed E-state index contributed by atoms with van der Waals surface area (Å²) in [6.45, 7) is 1.75. The number of hydrazine groups is 1. The summed E-state index contributed by atoms with van der Waals surface area (Å²) in [7, 11) is -0.547. The van der Waals surface area contributed by atoms with Gasteiger partial charge < -0.3 is 9.47 Å². The minimum atomic E-state index is -3.47. The van der Waals surface area contributed by atoms with Crippen LogP contribution in [-0.2, 0) is 10.0 Å². The van der Waals surface area contributed by atoms with Crippen molar-refractivity contribution in [1.29, 1.82) is 0 Å². The van der Waals surface area contributed by atoms with E-state index in [1.165, 1.54) is 50.6 Å². The fourth-order valence-corrected chi connectivity index (χ4v) is 3.58. The van der Waals surface area contributed by atoms with Crippen LogP contribution in [0.15, 0.2) is 42.5 Å². The van der Waals surface area contributed by atoms with E-state index in [4.69, 9.17) is 9.47 Å². The first-order chi connectivity index (χ1) is 13.8. The SMILES string of the molecule is CCCS(=O)(=O)Nc1cccc(C(=O)NNC(=O)c2ccc(OC)c(OC)c2)c1. The first kappa shape index (κ1) is 22.0. The van der Waals surface area contributed by atoms with Crippen LogP contribution >= 0.6 is 0 Å². The number of amides is 2. The first-order valence-electron chi connectivity index (χ1n) is 8.73. The smallest absolute Gasteiger partial charge is 0.269 e. The van der Waals surface area contributed by atoms with Gasteiger partial charge in [0.05, 0.1) is 20.0 Å². The Morgan fingerprint density at radius 1 is 0.897 bits per heavy atom.